The van der Waals surface area contributed by atoms with Crippen LogP contribution in [0.2, 0.25) is 0 Å². The van der Waals surface area contributed by atoms with Gasteiger partial charge >= 0.3 is 0 Å². The van der Waals surface area contributed by atoms with Gasteiger partial charge in [-0.2, -0.15) is 0 Å². The van der Waals surface area contributed by atoms with Gasteiger partial charge in [0.15, 0.2) is 0 Å². The molecule has 176 valence electrons. The van der Waals surface area contributed by atoms with Crippen LogP contribution in [0.1, 0.15) is 28.0 Å². The fourth-order valence-electron chi connectivity index (χ4n) is 4.67. The number of aromatic nitrogens is 1. The van der Waals surface area contributed by atoms with Gasteiger partial charge in [-0.3, -0.25) is 9.59 Å². The molecule has 0 aliphatic carbocycles. The minimum Gasteiger partial charge on any atom is -0.508 e. The standard InChI is InChI=1S/C29H27N3O3/c33-25-11-6-9-22(17-25)18-32-24(15-13-21-7-2-1-3-8-21)19-31(20-28(32)34)29(35)27-16-14-23-10-4-5-12-26(23)30-27/h1-12,14,16-17,24,33H,13,15,18-20H2/t24-/m0/s1. The van der Waals surface area contributed by atoms with Gasteiger partial charge in [0, 0.05) is 18.5 Å². The number of phenols is 1. The van der Waals surface area contributed by atoms with E-state index in [9.17, 15) is 14.7 Å². The summed E-state index contributed by atoms with van der Waals surface area (Å²) in [6.07, 6.45) is 1.52. The summed E-state index contributed by atoms with van der Waals surface area (Å²) in [7, 11) is 0. The summed E-state index contributed by atoms with van der Waals surface area (Å²) in [5, 5.41) is 10.8. The lowest BCUT2D eigenvalue weighted by Gasteiger charge is -2.41. The highest BCUT2D eigenvalue weighted by Gasteiger charge is 2.35. The fraction of sp³-hybridized carbons (Fsp3) is 0.207. The van der Waals surface area contributed by atoms with Crippen molar-refractivity contribution in [2.24, 2.45) is 0 Å². The van der Waals surface area contributed by atoms with Crippen molar-refractivity contribution in [1.29, 1.82) is 0 Å². The summed E-state index contributed by atoms with van der Waals surface area (Å²) in [6.45, 7) is 0.835. The number of hydrogen-bond acceptors (Lipinski definition) is 4. The minimum absolute atomic E-state index is 0.00793. The van der Waals surface area contributed by atoms with Crippen molar-refractivity contribution in [3.8, 4) is 5.75 Å². The van der Waals surface area contributed by atoms with Crippen LogP contribution in [0, 0.1) is 0 Å². The second-order valence-corrected chi connectivity index (χ2v) is 8.94. The van der Waals surface area contributed by atoms with E-state index < -0.39 is 0 Å². The third-order valence-electron chi connectivity index (χ3n) is 6.50. The molecule has 2 amide bonds. The van der Waals surface area contributed by atoms with Gasteiger partial charge in [0.05, 0.1) is 11.6 Å². The van der Waals surface area contributed by atoms with Crippen LogP contribution >= 0.6 is 0 Å². The predicted molar refractivity (Wildman–Crippen MR) is 135 cm³/mol. The maximum absolute atomic E-state index is 13.4. The van der Waals surface area contributed by atoms with E-state index in [0.717, 1.165) is 29.3 Å². The minimum atomic E-state index is -0.231. The third-order valence-corrected chi connectivity index (χ3v) is 6.50. The Hall–Kier alpha value is -4.19. The zero-order valence-corrected chi connectivity index (χ0v) is 19.4. The molecule has 35 heavy (non-hydrogen) atoms. The molecule has 0 saturated carbocycles. The first-order valence-corrected chi connectivity index (χ1v) is 11.8. The van der Waals surface area contributed by atoms with Gasteiger partial charge in [0.2, 0.25) is 5.91 Å². The summed E-state index contributed by atoms with van der Waals surface area (Å²) in [4.78, 5) is 34.7. The molecule has 1 aromatic heterocycles. The highest BCUT2D eigenvalue weighted by atomic mass is 16.3. The Morgan fingerprint density at radius 2 is 1.69 bits per heavy atom. The third kappa shape index (κ3) is 5.17. The average molecular weight is 466 g/mol. The number of carbonyl (C=O) groups is 2. The number of para-hydroxylation sites is 1. The summed E-state index contributed by atoms with van der Waals surface area (Å²) in [5.41, 5.74) is 3.16. The second kappa shape index (κ2) is 9.97. The van der Waals surface area contributed by atoms with E-state index in [2.05, 4.69) is 17.1 Å². The highest BCUT2D eigenvalue weighted by Crippen LogP contribution is 2.23. The molecule has 6 nitrogen and oxygen atoms in total. The molecule has 2 heterocycles. The van der Waals surface area contributed by atoms with Crippen molar-refractivity contribution in [3.05, 3.63) is 108 Å². The van der Waals surface area contributed by atoms with E-state index in [-0.39, 0.29) is 30.2 Å². The number of carbonyl (C=O) groups excluding carboxylic acids is 2. The normalized spacial score (nSPS) is 16.0. The van der Waals surface area contributed by atoms with E-state index >= 15 is 0 Å². The van der Waals surface area contributed by atoms with E-state index in [1.165, 1.54) is 5.56 Å². The van der Waals surface area contributed by atoms with Crippen LogP contribution in [0.5, 0.6) is 5.75 Å². The van der Waals surface area contributed by atoms with Gasteiger partial charge in [0.25, 0.3) is 5.91 Å². The van der Waals surface area contributed by atoms with Crippen LogP contribution < -0.4 is 0 Å². The molecule has 6 heteroatoms. The van der Waals surface area contributed by atoms with Crippen molar-refractivity contribution in [2.45, 2.75) is 25.4 Å². The molecule has 0 bridgehead atoms. The Labute approximate surface area is 204 Å². The predicted octanol–water partition coefficient (Wildman–Crippen LogP) is 4.43. The van der Waals surface area contributed by atoms with E-state index in [1.54, 1.807) is 29.2 Å². The van der Waals surface area contributed by atoms with Crippen LogP contribution in [-0.2, 0) is 17.8 Å². The van der Waals surface area contributed by atoms with Gasteiger partial charge in [-0.25, -0.2) is 4.98 Å². The first-order valence-electron chi connectivity index (χ1n) is 11.8. The summed E-state index contributed by atoms with van der Waals surface area (Å²) < 4.78 is 0. The molecule has 3 aromatic carbocycles. The van der Waals surface area contributed by atoms with E-state index in [1.807, 2.05) is 59.5 Å². The van der Waals surface area contributed by atoms with E-state index in [0.29, 0.717) is 18.8 Å². The fourth-order valence-corrected chi connectivity index (χ4v) is 4.67. The summed E-state index contributed by atoms with van der Waals surface area (Å²) in [6, 6.07) is 28.3. The number of hydrogen-bond donors (Lipinski definition) is 1. The van der Waals surface area contributed by atoms with Crippen LogP contribution in [0.3, 0.4) is 0 Å². The molecule has 0 radical (unpaired) electrons. The monoisotopic (exact) mass is 465 g/mol. The molecule has 4 aromatic rings. The second-order valence-electron chi connectivity index (χ2n) is 8.94. The molecule has 0 spiro atoms. The van der Waals surface area contributed by atoms with Gasteiger partial charge < -0.3 is 14.9 Å². The quantitative estimate of drug-likeness (QED) is 0.457. The molecule has 1 aliphatic heterocycles. The van der Waals surface area contributed by atoms with Crippen molar-refractivity contribution < 1.29 is 14.7 Å². The zero-order valence-electron chi connectivity index (χ0n) is 19.4. The van der Waals surface area contributed by atoms with Crippen molar-refractivity contribution in [3.63, 3.8) is 0 Å². The molecule has 1 saturated heterocycles. The largest absolute Gasteiger partial charge is 0.508 e. The lowest BCUT2D eigenvalue weighted by molar-refractivity contribution is -0.139. The Kier molecular flexibility index (Phi) is 6.44. The first kappa shape index (κ1) is 22.6. The molecule has 1 aliphatic rings. The number of aryl methyl sites for hydroxylation is 1. The van der Waals surface area contributed by atoms with E-state index in [4.69, 9.17) is 0 Å². The van der Waals surface area contributed by atoms with Crippen molar-refractivity contribution >= 4 is 22.7 Å². The van der Waals surface area contributed by atoms with Gasteiger partial charge in [-0.1, -0.05) is 66.7 Å². The Bertz CT molecular complexity index is 1360. The molecule has 1 N–H and O–H groups in total. The number of phenolic OH excluding ortho intramolecular Hbond substituents is 1. The number of amides is 2. The molecule has 1 fully saturated rings. The molecular formula is C29H27N3O3. The number of nitrogens with zero attached hydrogens (tertiary/aromatic N) is 3. The van der Waals surface area contributed by atoms with Crippen LogP contribution in [-0.4, -0.2) is 50.8 Å². The maximum Gasteiger partial charge on any atom is 0.273 e. The van der Waals surface area contributed by atoms with Crippen LogP contribution in [0.25, 0.3) is 10.9 Å². The lowest BCUT2D eigenvalue weighted by atomic mass is 10.0. The number of pyridine rings is 1. The first-order chi connectivity index (χ1) is 17.1. The zero-order chi connectivity index (χ0) is 24.2. The molecule has 0 unspecified atom stereocenters. The van der Waals surface area contributed by atoms with Gasteiger partial charge in [-0.05, 0) is 48.2 Å². The van der Waals surface area contributed by atoms with Gasteiger partial charge in [-0.15, -0.1) is 0 Å². The van der Waals surface area contributed by atoms with Gasteiger partial charge in [0.1, 0.15) is 18.0 Å². The van der Waals surface area contributed by atoms with Crippen molar-refractivity contribution in [1.82, 2.24) is 14.8 Å². The highest BCUT2D eigenvalue weighted by molar-refractivity contribution is 5.97. The maximum atomic E-state index is 13.4. The van der Waals surface area contributed by atoms with Crippen LogP contribution in [0.15, 0.2) is 91.0 Å². The number of fused-ring (bicyclic) bond motifs is 1. The molecule has 1 atom stereocenters. The Balaban J connectivity index is 1.38. The topological polar surface area (TPSA) is 73.7 Å². The summed E-state index contributed by atoms with van der Waals surface area (Å²) >= 11 is 0. The number of aromatic hydroxyl groups is 1. The molecule has 5 rings (SSSR count). The average Bonchev–Trinajstić information content (AvgIpc) is 2.89. The van der Waals surface area contributed by atoms with Crippen molar-refractivity contribution in [2.75, 3.05) is 13.1 Å². The molecular weight excluding hydrogens is 438 g/mol. The van der Waals surface area contributed by atoms with Crippen LogP contribution in [0.4, 0.5) is 0 Å². The smallest absolute Gasteiger partial charge is 0.273 e. The number of piperazine rings is 1. The Morgan fingerprint density at radius 1 is 0.914 bits per heavy atom. The number of benzene rings is 3. The number of rotatable bonds is 6. The lowest BCUT2D eigenvalue weighted by Crippen LogP contribution is -2.57. The summed E-state index contributed by atoms with van der Waals surface area (Å²) in [5.74, 6) is -0.162. The SMILES string of the molecule is O=C(c1ccc2ccccc2n1)N1CC(=O)N(Cc2cccc(O)c2)[C@@H](CCc2ccccc2)C1. The Morgan fingerprint density at radius 3 is 2.51 bits per heavy atom.